The summed E-state index contributed by atoms with van der Waals surface area (Å²) in [6.45, 7) is 3.91. The van der Waals surface area contributed by atoms with Crippen molar-refractivity contribution in [2.24, 2.45) is 11.7 Å². The highest BCUT2D eigenvalue weighted by atomic mass is 32.1. The van der Waals surface area contributed by atoms with Crippen molar-refractivity contribution in [3.05, 3.63) is 0 Å². The van der Waals surface area contributed by atoms with Crippen LogP contribution < -0.4 is 11.1 Å². The first-order valence-electron chi connectivity index (χ1n) is 3.11. The van der Waals surface area contributed by atoms with E-state index in [4.69, 9.17) is 5.73 Å². The summed E-state index contributed by atoms with van der Waals surface area (Å²) in [5.74, 6) is 0.233. The number of amides is 1. The molecule has 4 heteroatoms. The van der Waals surface area contributed by atoms with Gasteiger partial charge in [-0.05, 0) is 18.1 Å². The molecule has 0 aromatic carbocycles. The molecule has 1 amide bonds. The smallest absolute Gasteiger partial charge is 0.226 e. The first-order valence-corrected chi connectivity index (χ1v) is 3.52. The fraction of sp³-hybridized carbons (Fsp3) is 0.667. The van der Waals surface area contributed by atoms with Crippen molar-refractivity contribution in [1.82, 2.24) is 5.32 Å². The quantitative estimate of drug-likeness (QED) is 0.575. The van der Waals surface area contributed by atoms with Gasteiger partial charge in [-0.25, -0.2) is 0 Å². The summed E-state index contributed by atoms with van der Waals surface area (Å²) < 4.78 is 0. The summed E-state index contributed by atoms with van der Waals surface area (Å²) in [6.07, 6.45) is 0.470. The van der Waals surface area contributed by atoms with Crippen molar-refractivity contribution in [2.45, 2.75) is 20.3 Å². The molecule has 0 aromatic heterocycles. The van der Waals surface area contributed by atoms with Gasteiger partial charge >= 0.3 is 0 Å². The highest BCUT2D eigenvalue weighted by Gasteiger charge is 2.03. The lowest BCUT2D eigenvalue weighted by Gasteiger charge is -2.03. The van der Waals surface area contributed by atoms with Crippen LogP contribution in [0.5, 0.6) is 0 Å². The van der Waals surface area contributed by atoms with Gasteiger partial charge in [-0.3, -0.25) is 4.79 Å². The molecule has 0 aliphatic rings. The monoisotopic (exact) mass is 160 g/mol. The second-order valence-corrected chi connectivity index (χ2v) is 2.95. The van der Waals surface area contributed by atoms with Gasteiger partial charge in [-0.15, -0.1) is 0 Å². The molecule has 0 saturated heterocycles. The Morgan fingerprint density at radius 3 is 2.50 bits per heavy atom. The van der Waals surface area contributed by atoms with E-state index in [0.717, 1.165) is 0 Å². The van der Waals surface area contributed by atoms with Gasteiger partial charge in [0.2, 0.25) is 5.91 Å². The molecule has 0 heterocycles. The molecule has 0 unspecified atom stereocenters. The van der Waals surface area contributed by atoms with Crippen LogP contribution in [-0.2, 0) is 4.79 Å². The highest BCUT2D eigenvalue weighted by Crippen LogP contribution is 1.97. The Kier molecular flexibility index (Phi) is 3.95. The average Bonchev–Trinajstić information content (AvgIpc) is 1.58. The Balaban J connectivity index is 3.54. The van der Waals surface area contributed by atoms with Crippen molar-refractivity contribution in [3.63, 3.8) is 0 Å². The maximum atomic E-state index is 10.8. The van der Waals surface area contributed by atoms with Gasteiger partial charge in [0.05, 0.1) is 0 Å². The Morgan fingerprint density at radius 1 is 1.70 bits per heavy atom. The molecule has 0 aliphatic heterocycles. The predicted octanol–water partition coefficient (Wildman–Crippen LogP) is 0.392. The molecule has 58 valence electrons. The summed E-state index contributed by atoms with van der Waals surface area (Å²) >= 11 is 4.47. The van der Waals surface area contributed by atoms with Crippen LogP contribution in [0, 0.1) is 5.92 Å². The second-order valence-electron chi connectivity index (χ2n) is 2.51. The van der Waals surface area contributed by atoms with E-state index in [1.807, 2.05) is 13.8 Å². The minimum Gasteiger partial charge on any atom is -0.376 e. The summed E-state index contributed by atoms with van der Waals surface area (Å²) in [6, 6.07) is 0. The molecule has 0 fully saturated rings. The summed E-state index contributed by atoms with van der Waals surface area (Å²) in [7, 11) is 0. The zero-order chi connectivity index (χ0) is 8.15. The molecule has 10 heavy (non-hydrogen) atoms. The van der Waals surface area contributed by atoms with Gasteiger partial charge in [-0.2, -0.15) is 0 Å². The number of rotatable bonds is 2. The van der Waals surface area contributed by atoms with Gasteiger partial charge < -0.3 is 11.1 Å². The Hall–Kier alpha value is -0.640. The third kappa shape index (κ3) is 5.50. The van der Waals surface area contributed by atoms with E-state index in [1.165, 1.54) is 0 Å². The Morgan fingerprint density at radius 2 is 2.20 bits per heavy atom. The fourth-order valence-electron chi connectivity index (χ4n) is 0.559. The molecular formula is C6H12N2OS. The van der Waals surface area contributed by atoms with Crippen LogP contribution >= 0.6 is 12.2 Å². The molecule has 0 radical (unpaired) electrons. The predicted molar refractivity (Wildman–Crippen MR) is 44.4 cm³/mol. The second kappa shape index (κ2) is 4.22. The fourth-order valence-corrected chi connectivity index (χ4v) is 0.673. The number of carbonyl (C=O) groups is 1. The van der Waals surface area contributed by atoms with Gasteiger partial charge in [-0.1, -0.05) is 13.8 Å². The number of carbonyl (C=O) groups excluding carboxylic acids is 1. The largest absolute Gasteiger partial charge is 0.376 e. The standard InChI is InChI=1S/C6H12N2OS/c1-4(2)3-5(9)8-6(7)10/h4H,3H2,1-2H3,(H3,7,8,9,10). The van der Waals surface area contributed by atoms with Crippen LogP contribution in [0.1, 0.15) is 20.3 Å². The van der Waals surface area contributed by atoms with Crippen molar-refractivity contribution >= 4 is 23.2 Å². The molecule has 0 saturated carbocycles. The lowest BCUT2D eigenvalue weighted by Crippen LogP contribution is -2.35. The van der Waals surface area contributed by atoms with Crippen molar-refractivity contribution in [2.75, 3.05) is 0 Å². The van der Waals surface area contributed by atoms with E-state index >= 15 is 0 Å². The maximum Gasteiger partial charge on any atom is 0.226 e. The molecule has 0 bridgehead atoms. The molecule has 0 aromatic rings. The van der Waals surface area contributed by atoms with E-state index in [0.29, 0.717) is 12.3 Å². The van der Waals surface area contributed by atoms with Gasteiger partial charge in [0, 0.05) is 6.42 Å². The van der Waals surface area contributed by atoms with Crippen LogP contribution in [0.4, 0.5) is 0 Å². The van der Waals surface area contributed by atoms with E-state index in [-0.39, 0.29) is 11.0 Å². The van der Waals surface area contributed by atoms with Crippen LogP contribution in [0.2, 0.25) is 0 Å². The van der Waals surface area contributed by atoms with Crippen LogP contribution in [0.15, 0.2) is 0 Å². The van der Waals surface area contributed by atoms with E-state index in [9.17, 15) is 4.79 Å². The zero-order valence-corrected chi connectivity index (χ0v) is 6.99. The Labute approximate surface area is 66.0 Å². The van der Waals surface area contributed by atoms with Crippen LogP contribution in [0.3, 0.4) is 0 Å². The van der Waals surface area contributed by atoms with E-state index in [2.05, 4.69) is 17.5 Å². The maximum absolute atomic E-state index is 10.8. The zero-order valence-electron chi connectivity index (χ0n) is 6.18. The molecule has 0 rings (SSSR count). The van der Waals surface area contributed by atoms with Crippen LogP contribution in [-0.4, -0.2) is 11.0 Å². The van der Waals surface area contributed by atoms with E-state index in [1.54, 1.807) is 0 Å². The van der Waals surface area contributed by atoms with Gasteiger partial charge in [0.1, 0.15) is 0 Å². The number of hydrogen-bond acceptors (Lipinski definition) is 2. The number of nitrogens with one attached hydrogen (secondary N) is 1. The first kappa shape index (κ1) is 9.36. The molecule has 0 aliphatic carbocycles. The van der Waals surface area contributed by atoms with Crippen molar-refractivity contribution < 1.29 is 4.79 Å². The van der Waals surface area contributed by atoms with Crippen molar-refractivity contribution in [1.29, 1.82) is 0 Å². The summed E-state index contributed by atoms with van der Waals surface area (Å²) in [4.78, 5) is 10.8. The summed E-state index contributed by atoms with van der Waals surface area (Å²) in [5.41, 5.74) is 5.07. The minimum absolute atomic E-state index is 0.0469. The number of thiocarbonyl (C=S) groups is 1. The molecule has 3 nitrogen and oxygen atoms in total. The Bertz CT molecular complexity index is 145. The lowest BCUT2D eigenvalue weighted by molar-refractivity contribution is -0.120. The van der Waals surface area contributed by atoms with Gasteiger partial charge in [0.15, 0.2) is 5.11 Å². The summed E-state index contributed by atoms with van der Waals surface area (Å²) in [5, 5.41) is 2.39. The third-order valence-electron chi connectivity index (χ3n) is 0.856. The number of nitrogens with two attached hydrogens (primary N) is 1. The average molecular weight is 160 g/mol. The molecule has 0 spiro atoms. The normalized spacial score (nSPS) is 9.50. The minimum atomic E-state index is -0.109. The van der Waals surface area contributed by atoms with E-state index < -0.39 is 0 Å². The lowest BCUT2D eigenvalue weighted by atomic mass is 10.1. The topological polar surface area (TPSA) is 55.1 Å². The first-order chi connectivity index (χ1) is 4.52. The van der Waals surface area contributed by atoms with Crippen LogP contribution in [0.25, 0.3) is 0 Å². The SMILES string of the molecule is CC(C)CC(=O)NC(N)=S. The van der Waals surface area contributed by atoms with Gasteiger partial charge in [0.25, 0.3) is 0 Å². The van der Waals surface area contributed by atoms with Crippen molar-refractivity contribution in [3.8, 4) is 0 Å². The molecular weight excluding hydrogens is 148 g/mol. The molecule has 3 N–H and O–H groups in total. The molecule has 0 atom stereocenters. The highest BCUT2D eigenvalue weighted by molar-refractivity contribution is 7.80. The third-order valence-corrected chi connectivity index (χ3v) is 0.958. The number of hydrogen-bond donors (Lipinski definition) is 2.